The minimum atomic E-state index is 0.169. The summed E-state index contributed by atoms with van der Waals surface area (Å²) < 4.78 is 10.6. The lowest BCUT2D eigenvalue weighted by Crippen LogP contribution is -2.47. The van der Waals surface area contributed by atoms with Gasteiger partial charge in [-0.2, -0.15) is 0 Å². The molecule has 0 bridgehead atoms. The molecule has 0 saturated carbocycles. The Bertz CT molecular complexity index is 230. The standard InChI is InChI=1S/C11H24N4O2/c1-9(8-16-2)14-11(15-12)13-7-10-5-3-4-6-17-10/h9-10H,3-8,12H2,1-2H3,(H2,13,14,15). The molecule has 6 heteroatoms. The van der Waals surface area contributed by atoms with Crippen LogP contribution < -0.4 is 16.6 Å². The van der Waals surface area contributed by atoms with Crippen molar-refractivity contribution in [1.82, 2.24) is 10.7 Å². The van der Waals surface area contributed by atoms with Crippen LogP contribution in [0.15, 0.2) is 4.99 Å². The summed E-state index contributed by atoms with van der Waals surface area (Å²) in [6.07, 6.45) is 3.69. The molecule has 100 valence electrons. The average Bonchev–Trinajstić information content (AvgIpc) is 2.36. The van der Waals surface area contributed by atoms with Crippen molar-refractivity contribution < 1.29 is 9.47 Å². The lowest BCUT2D eigenvalue weighted by Gasteiger charge is -2.21. The average molecular weight is 244 g/mol. The molecule has 17 heavy (non-hydrogen) atoms. The molecule has 0 aliphatic carbocycles. The normalized spacial score (nSPS) is 23.2. The van der Waals surface area contributed by atoms with Crippen molar-refractivity contribution >= 4 is 5.96 Å². The highest BCUT2D eigenvalue weighted by molar-refractivity contribution is 5.79. The van der Waals surface area contributed by atoms with Crippen LogP contribution in [0.2, 0.25) is 0 Å². The third kappa shape index (κ3) is 5.86. The van der Waals surface area contributed by atoms with E-state index in [2.05, 4.69) is 15.7 Å². The fourth-order valence-corrected chi connectivity index (χ4v) is 1.80. The SMILES string of the molecule is COCC(C)NC(=NCC1CCCCO1)NN. The van der Waals surface area contributed by atoms with E-state index in [1.165, 1.54) is 6.42 Å². The Morgan fingerprint density at radius 2 is 2.41 bits per heavy atom. The minimum absolute atomic E-state index is 0.169. The van der Waals surface area contributed by atoms with Crippen molar-refractivity contribution in [3.63, 3.8) is 0 Å². The van der Waals surface area contributed by atoms with Crippen LogP contribution in [0.25, 0.3) is 0 Å². The maximum Gasteiger partial charge on any atom is 0.206 e. The molecule has 0 amide bonds. The van der Waals surface area contributed by atoms with E-state index in [0.29, 0.717) is 19.1 Å². The zero-order valence-corrected chi connectivity index (χ0v) is 10.7. The van der Waals surface area contributed by atoms with E-state index in [0.717, 1.165) is 19.4 Å². The van der Waals surface area contributed by atoms with Gasteiger partial charge in [-0.25, -0.2) is 10.8 Å². The fraction of sp³-hybridized carbons (Fsp3) is 0.909. The number of hydrazine groups is 1. The summed E-state index contributed by atoms with van der Waals surface area (Å²) >= 11 is 0. The zero-order valence-electron chi connectivity index (χ0n) is 10.7. The molecule has 0 spiro atoms. The monoisotopic (exact) mass is 244 g/mol. The van der Waals surface area contributed by atoms with Gasteiger partial charge in [0.2, 0.25) is 5.96 Å². The summed E-state index contributed by atoms with van der Waals surface area (Å²) in [7, 11) is 1.67. The molecule has 1 aliphatic heterocycles. The third-order valence-corrected chi connectivity index (χ3v) is 2.66. The first-order chi connectivity index (χ1) is 8.26. The molecule has 1 heterocycles. The van der Waals surface area contributed by atoms with Crippen molar-refractivity contribution in [3.05, 3.63) is 0 Å². The van der Waals surface area contributed by atoms with Crippen molar-refractivity contribution in [2.24, 2.45) is 10.8 Å². The lowest BCUT2D eigenvalue weighted by atomic mass is 10.1. The summed E-state index contributed by atoms with van der Waals surface area (Å²) in [5.41, 5.74) is 2.56. The second-order valence-corrected chi connectivity index (χ2v) is 4.32. The van der Waals surface area contributed by atoms with Crippen LogP contribution in [0.3, 0.4) is 0 Å². The number of nitrogens with two attached hydrogens (primary N) is 1. The number of nitrogens with zero attached hydrogens (tertiary/aromatic N) is 1. The van der Waals surface area contributed by atoms with Gasteiger partial charge in [-0.1, -0.05) is 0 Å². The van der Waals surface area contributed by atoms with Gasteiger partial charge in [0.25, 0.3) is 0 Å². The number of guanidine groups is 1. The van der Waals surface area contributed by atoms with Crippen LogP contribution in [0.1, 0.15) is 26.2 Å². The van der Waals surface area contributed by atoms with E-state index in [4.69, 9.17) is 15.3 Å². The fourth-order valence-electron chi connectivity index (χ4n) is 1.80. The van der Waals surface area contributed by atoms with Gasteiger partial charge in [0, 0.05) is 19.8 Å². The molecule has 0 aromatic rings. The molecule has 2 unspecified atom stereocenters. The summed E-state index contributed by atoms with van der Waals surface area (Å²) in [4.78, 5) is 4.38. The van der Waals surface area contributed by atoms with Crippen LogP contribution in [0.5, 0.6) is 0 Å². The second kappa shape index (κ2) is 8.27. The number of rotatable bonds is 5. The maximum absolute atomic E-state index is 5.60. The Kier molecular flexibility index (Phi) is 6.91. The zero-order chi connectivity index (χ0) is 12.5. The van der Waals surface area contributed by atoms with E-state index in [9.17, 15) is 0 Å². The molecule has 1 saturated heterocycles. The number of methoxy groups -OCH3 is 1. The highest BCUT2D eigenvalue weighted by Gasteiger charge is 2.13. The lowest BCUT2D eigenvalue weighted by molar-refractivity contribution is 0.0224. The smallest absolute Gasteiger partial charge is 0.206 e. The molecule has 0 radical (unpaired) electrons. The molecule has 2 atom stereocenters. The molecular formula is C11H24N4O2. The molecule has 1 aliphatic rings. The molecule has 6 nitrogen and oxygen atoms in total. The quantitative estimate of drug-likeness (QED) is 0.274. The molecular weight excluding hydrogens is 220 g/mol. The second-order valence-electron chi connectivity index (χ2n) is 4.32. The van der Waals surface area contributed by atoms with Crippen molar-refractivity contribution in [2.75, 3.05) is 26.9 Å². The van der Waals surface area contributed by atoms with Crippen LogP contribution in [-0.4, -0.2) is 45.0 Å². The van der Waals surface area contributed by atoms with Gasteiger partial charge < -0.3 is 14.8 Å². The van der Waals surface area contributed by atoms with E-state index < -0.39 is 0 Å². The predicted molar refractivity (Wildman–Crippen MR) is 67.7 cm³/mol. The van der Waals surface area contributed by atoms with E-state index >= 15 is 0 Å². The van der Waals surface area contributed by atoms with E-state index in [1.54, 1.807) is 7.11 Å². The molecule has 4 N–H and O–H groups in total. The topological polar surface area (TPSA) is 80.9 Å². The number of ether oxygens (including phenoxy) is 2. The Morgan fingerprint density at radius 1 is 1.59 bits per heavy atom. The highest BCUT2D eigenvalue weighted by atomic mass is 16.5. The van der Waals surface area contributed by atoms with Crippen LogP contribution in [-0.2, 0) is 9.47 Å². The first kappa shape index (κ1) is 14.2. The van der Waals surface area contributed by atoms with Gasteiger partial charge in [-0.05, 0) is 26.2 Å². The number of hydrogen-bond acceptors (Lipinski definition) is 4. The van der Waals surface area contributed by atoms with Crippen molar-refractivity contribution in [3.8, 4) is 0 Å². The third-order valence-electron chi connectivity index (χ3n) is 2.66. The van der Waals surface area contributed by atoms with Crippen LogP contribution >= 0.6 is 0 Å². The largest absolute Gasteiger partial charge is 0.383 e. The predicted octanol–water partition coefficient (Wildman–Crippen LogP) is -0.000700. The Labute approximate surface area is 103 Å². The number of hydrogen-bond donors (Lipinski definition) is 3. The Morgan fingerprint density at radius 3 is 3.00 bits per heavy atom. The maximum atomic E-state index is 5.60. The molecule has 0 aromatic heterocycles. The minimum Gasteiger partial charge on any atom is -0.383 e. The molecule has 0 aromatic carbocycles. The van der Waals surface area contributed by atoms with Gasteiger partial charge in [0.05, 0.1) is 19.3 Å². The van der Waals surface area contributed by atoms with Gasteiger partial charge in [-0.3, -0.25) is 5.43 Å². The molecule has 1 rings (SSSR count). The van der Waals surface area contributed by atoms with Crippen molar-refractivity contribution in [1.29, 1.82) is 0 Å². The molecule has 1 fully saturated rings. The van der Waals surface area contributed by atoms with Gasteiger partial charge in [0.15, 0.2) is 0 Å². The first-order valence-corrected chi connectivity index (χ1v) is 6.14. The number of nitrogens with one attached hydrogen (secondary N) is 2. The summed E-state index contributed by atoms with van der Waals surface area (Å²) in [5.74, 6) is 5.99. The van der Waals surface area contributed by atoms with Gasteiger partial charge in [-0.15, -0.1) is 0 Å². The van der Waals surface area contributed by atoms with Crippen molar-refractivity contribution in [2.45, 2.75) is 38.3 Å². The Hall–Kier alpha value is -0.850. The summed E-state index contributed by atoms with van der Waals surface area (Å²) in [6.45, 7) is 4.11. The Balaban J connectivity index is 2.31. The van der Waals surface area contributed by atoms with Crippen LogP contribution in [0, 0.1) is 0 Å². The summed E-state index contributed by atoms with van der Waals surface area (Å²) in [5, 5.41) is 3.14. The van der Waals surface area contributed by atoms with Gasteiger partial charge >= 0.3 is 0 Å². The van der Waals surface area contributed by atoms with Gasteiger partial charge in [0.1, 0.15) is 0 Å². The first-order valence-electron chi connectivity index (χ1n) is 6.14. The van der Waals surface area contributed by atoms with E-state index in [1.807, 2.05) is 6.92 Å². The van der Waals surface area contributed by atoms with Crippen LogP contribution in [0.4, 0.5) is 0 Å². The summed E-state index contributed by atoms with van der Waals surface area (Å²) in [6, 6.07) is 0.169. The number of aliphatic imine (C=N–C) groups is 1. The highest BCUT2D eigenvalue weighted by Crippen LogP contribution is 2.12. The van der Waals surface area contributed by atoms with E-state index in [-0.39, 0.29) is 12.1 Å².